The van der Waals surface area contributed by atoms with Gasteiger partial charge < -0.3 is 25.1 Å². The zero-order valence-corrected chi connectivity index (χ0v) is 14.7. The molecule has 134 valence electrons. The van der Waals surface area contributed by atoms with Crippen molar-refractivity contribution < 1.29 is 9.47 Å². The summed E-state index contributed by atoms with van der Waals surface area (Å²) in [6.07, 6.45) is 5.95. The van der Waals surface area contributed by atoms with E-state index >= 15 is 0 Å². The molecule has 0 bridgehead atoms. The summed E-state index contributed by atoms with van der Waals surface area (Å²) >= 11 is 0. The first kappa shape index (κ1) is 17.3. The van der Waals surface area contributed by atoms with Gasteiger partial charge in [0.05, 0.1) is 19.8 Å². The van der Waals surface area contributed by atoms with Gasteiger partial charge in [-0.1, -0.05) is 18.2 Å². The number of guanidine groups is 1. The van der Waals surface area contributed by atoms with Gasteiger partial charge in [-0.05, 0) is 18.9 Å². The number of aliphatic imine (C=N–C) groups is 1. The predicted octanol–water partition coefficient (Wildman–Crippen LogP) is 1.60. The second-order valence-electron chi connectivity index (χ2n) is 6.08. The molecule has 7 heteroatoms. The van der Waals surface area contributed by atoms with Crippen LogP contribution in [0.4, 0.5) is 0 Å². The van der Waals surface area contributed by atoms with Crippen molar-refractivity contribution in [1.82, 2.24) is 14.9 Å². The number of benzene rings is 1. The Morgan fingerprint density at radius 1 is 1.52 bits per heavy atom. The molecule has 2 heterocycles. The van der Waals surface area contributed by atoms with Crippen LogP contribution in [-0.4, -0.2) is 41.9 Å². The SMILES string of the molecule is COc1ccccc1C(NC(N)=NCC1CCCO1)c1nccn1C. The number of nitrogens with two attached hydrogens (primary N) is 1. The zero-order chi connectivity index (χ0) is 17.6. The molecule has 1 aliphatic rings. The molecule has 3 rings (SSSR count). The second kappa shape index (κ2) is 8.02. The molecule has 0 aliphatic carbocycles. The molecule has 2 unspecified atom stereocenters. The molecule has 1 fully saturated rings. The van der Waals surface area contributed by atoms with Gasteiger partial charge in [0.15, 0.2) is 5.96 Å². The van der Waals surface area contributed by atoms with Crippen LogP contribution in [0.2, 0.25) is 0 Å². The summed E-state index contributed by atoms with van der Waals surface area (Å²) in [6.45, 7) is 1.38. The van der Waals surface area contributed by atoms with Gasteiger partial charge >= 0.3 is 0 Å². The Balaban J connectivity index is 1.84. The lowest BCUT2D eigenvalue weighted by atomic mass is 10.0. The Kier molecular flexibility index (Phi) is 5.55. The molecule has 0 spiro atoms. The fraction of sp³-hybridized carbons (Fsp3) is 0.444. The van der Waals surface area contributed by atoms with E-state index in [1.54, 1.807) is 13.3 Å². The van der Waals surface area contributed by atoms with E-state index < -0.39 is 0 Å². The lowest BCUT2D eigenvalue weighted by Crippen LogP contribution is -2.37. The van der Waals surface area contributed by atoms with E-state index in [1.165, 1.54) is 0 Å². The molecule has 3 N–H and O–H groups in total. The molecule has 7 nitrogen and oxygen atoms in total. The van der Waals surface area contributed by atoms with Crippen molar-refractivity contribution in [2.24, 2.45) is 17.8 Å². The number of ether oxygens (including phenoxy) is 2. The third kappa shape index (κ3) is 4.11. The number of aryl methyl sites for hydroxylation is 1. The van der Waals surface area contributed by atoms with Gasteiger partial charge in [-0.3, -0.25) is 4.99 Å². The molecule has 25 heavy (non-hydrogen) atoms. The van der Waals surface area contributed by atoms with Crippen LogP contribution in [0.25, 0.3) is 0 Å². The van der Waals surface area contributed by atoms with Crippen molar-refractivity contribution >= 4 is 5.96 Å². The highest BCUT2D eigenvalue weighted by atomic mass is 16.5. The molecule has 1 aromatic heterocycles. The second-order valence-corrected chi connectivity index (χ2v) is 6.08. The number of nitrogens with zero attached hydrogens (tertiary/aromatic N) is 3. The number of hydrogen-bond acceptors (Lipinski definition) is 4. The Hall–Kier alpha value is -2.54. The standard InChI is InChI=1S/C18H25N5O2/c1-23-10-9-20-17(23)16(14-7-3-4-8-15(14)24-2)22-18(19)21-12-13-6-5-11-25-13/h3-4,7-10,13,16H,5-6,11-12H2,1-2H3,(H3,19,21,22). The number of aromatic nitrogens is 2. The van der Waals surface area contributed by atoms with E-state index in [9.17, 15) is 0 Å². The first-order chi connectivity index (χ1) is 12.2. The van der Waals surface area contributed by atoms with E-state index in [0.29, 0.717) is 12.5 Å². The zero-order valence-electron chi connectivity index (χ0n) is 14.7. The van der Waals surface area contributed by atoms with Crippen molar-refractivity contribution in [3.8, 4) is 5.75 Å². The van der Waals surface area contributed by atoms with E-state index in [-0.39, 0.29) is 12.1 Å². The third-order valence-corrected chi connectivity index (χ3v) is 4.35. The van der Waals surface area contributed by atoms with Gasteiger partial charge in [-0.2, -0.15) is 0 Å². The van der Waals surface area contributed by atoms with Crippen LogP contribution >= 0.6 is 0 Å². The maximum Gasteiger partial charge on any atom is 0.189 e. The van der Waals surface area contributed by atoms with Gasteiger partial charge in [0.25, 0.3) is 0 Å². The van der Waals surface area contributed by atoms with E-state index in [2.05, 4.69) is 15.3 Å². The Morgan fingerprint density at radius 2 is 2.36 bits per heavy atom. The van der Waals surface area contributed by atoms with Crippen LogP contribution in [0.5, 0.6) is 5.75 Å². The molecular formula is C18H25N5O2. The number of rotatable bonds is 6. The summed E-state index contributed by atoms with van der Waals surface area (Å²) in [6, 6.07) is 7.57. The summed E-state index contributed by atoms with van der Waals surface area (Å²) in [4.78, 5) is 8.92. The molecule has 2 atom stereocenters. The first-order valence-corrected chi connectivity index (χ1v) is 8.47. The van der Waals surface area contributed by atoms with Gasteiger partial charge in [0, 0.05) is 31.6 Å². The Labute approximate surface area is 147 Å². The molecule has 2 aromatic rings. The smallest absolute Gasteiger partial charge is 0.189 e. The number of para-hydroxylation sites is 1. The average molecular weight is 343 g/mol. The normalized spacial score (nSPS) is 19.0. The lowest BCUT2D eigenvalue weighted by Gasteiger charge is -2.21. The van der Waals surface area contributed by atoms with E-state index in [4.69, 9.17) is 15.2 Å². The summed E-state index contributed by atoms with van der Waals surface area (Å²) in [7, 11) is 3.61. The van der Waals surface area contributed by atoms with Gasteiger partial charge in [-0.15, -0.1) is 0 Å². The highest BCUT2D eigenvalue weighted by Crippen LogP contribution is 2.28. The minimum Gasteiger partial charge on any atom is -0.496 e. The molecule has 0 saturated carbocycles. The van der Waals surface area contributed by atoms with E-state index in [1.807, 2.05) is 42.1 Å². The highest BCUT2D eigenvalue weighted by Gasteiger charge is 2.22. The van der Waals surface area contributed by atoms with Gasteiger partial charge in [0.2, 0.25) is 0 Å². The highest BCUT2D eigenvalue weighted by molar-refractivity contribution is 5.78. The number of methoxy groups -OCH3 is 1. The van der Waals surface area contributed by atoms with Crippen molar-refractivity contribution in [1.29, 1.82) is 0 Å². The first-order valence-electron chi connectivity index (χ1n) is 8.47. The minimum atomic E-state index is -0.260. The van der Waals surface area contributed by atoms with Crippen molar-refractivity contribution in [3.63, 3.8) is 0 Å². The largest absolute Gasteiger partial charge is 0.496 e. The third-order valence-electron chi connectivity index (χ3n) is 4.35. The number of imidazole rings is 1. The van der Waals surface area contributed by atoms with Crippen LogP contribution in [0.3, 0.4) is 0 Å². The summed E-state index contributed by atoms with van der Waals surface area (Å²) in [5.41, 5.74) is 7.10. The van der Waals surface area contributed by atoms with Crippen LogP contribution in [0.1, 0.15) is 30.3 Å². The minimum absolute atomic E-state index is 0.165. The van der Waals surface area contributed by atoms with Gasteiger partial charge in [0.1, 0.15) is 17.6 Å². The van der Waals surface area contributed by atoms with Crippen LogP contribution < -0.4 is 15.8 Å². The maximum atomic E-state index is 6.14. The molecular weight excluding hydrogens is 318 g/mol. The molecule has 1 aliphatic heterocycles. The molecule has 1 aromatic carbocycles. The number of hydrogen-bond donors (Lipinski definition) is 2. The Bertz CT molecular complexity index is 722. The molecule has 0 radical (unpaired) electrons. The van der Waals surface area contributed by atoms with Crippen LogP contribution in [0, 0.1) is 0 Å². The van der Waals surface area contributed by atoms with Crippen LogP contribution in [0.15, 0.2) is 41.7 Å². The summed E-state index contributed by atoms with van der Waals surface area (Å²) < 4.78 is 13.1. The van der Waals surface area contributed by atoms with Crippen LogP contribution in [-0.2, 0) is 11.8 Å². The van der Waals surface area contributed by atoms with Gasteiger partial charge in [-0.25, -0.2) is 4.98 Å². The average Bonchev–Trinajstić information content (AvgIpc) is 3.29. The van der Waals surface area contributed by atoms with Crippen molar-refractivity contribution in [2.45, 2.75) is 25.0 Å². The van der Waals surface area contributed by atoms with Crippen molar-refractivity contribution in [3.05, 3.63) is 48.0 Å². The van der Waals surface area contributed by atoms with E-state index in [0.717, 1.165) is 36.6 Å². The summed E-state index contributed by atoms with van der Waals surface area (Å²) in [5, 5.41) is 3.28. The molecule has 1 saturated heterocycles. The predicted molar refractivity (Wildman–Crippen MR) is 96.6 cm³/mol. The maximum absolute atomic E-state index is 6.14. The molecule has 0 amide bonds. The number of nitrogens with one attached hydrogen (secondary N) is 1. The summed E-state index contributed by atoms with van der Waals surface area (Å²) in [5.74, 6) is 1.98. The monoisotopic (exact) mass is 343 g/mol. The topological polar surface area (TPSA) is 86.7 Å². The van der Waals surface area contributed by atoms with Crippen molar-refractivity contribution in [2.75, 3.05) is 20.3 Å². The fourth-order valence-corrected chi connectivity index (χ4v) is 3.02. The fourth-order valence-electron chi connectivity index (χ4n) is 3.02. The lowest BCUT2D eigenvalue weighted by molar-refractivity contribution is 0.117. The quantitative estimate of drug-likeness (QED) is 0.614. The Morgan fingerprint density at radius 3 is 3.04 bits per heavy atom.